The number of aliphatic carboxylic acids is 1. The number of anilines is 2. The normalized spacial score (nSPS) is 21.5. The van der Waals surface area contributed by atoms with Gasteiger partial charge in [-0.25, -0.2) is 32.9 Å². The van der Waals surface area contributed by atoms with Crippen LogP contribution in [-0.4, -0.2) is 92.5 Å². The summed E-state index contributed by atoms with van der Waals surface area (Å²) in [4.78, 5) is 28.8. The monoisotopic (exact) mass is 689 g/mol. The van der Waals surface area contributed by atoms with E-state index in [0.29, 0.717) is 48.7 Å². The highest BCUT2D eigenvalue weighted by Gasteiger charge is 2.50. The number of halogens is 3. The average Bonchev–Trinajstić information content (AvgIpc) is 3.79. The van der Waals surface area contributed by atoms with Gasteiger partial charge in [-0.2, -0.15) is 5.10 Å². The van der Waals surface area contributed by atoms with Gasteiger partial charge in [0, 0.05) is 49.4 Å². The van der Waals surface area contributed by atoms with Crippen molar-refractivity contribution in [2.45, 2.75) is 43.6 Å². The van der Waals surface area contributed by atoms with Crippen molar-refractivity contribution in [1.82, 2.24) is 24.7 Å². The molecule has 3 atom stereocenters. The van der Waals surface area contributed by atoms with E-state index in [4.69, 9.17) is 18.6 Å². The van der Waals surface area contributed by atoms with Crippen LogP contribution in [-0.2, 0) is 21.3 Å². The number of carbonyl (C=O) groups is 1. The van der Waals surface area contributed by atoms with Crippen molar-refractivity contribution < 1.29 is 41.7 Å². The molecule has 0 amide bonds. The fourth-order valence-corrected chi connectivity index (χ4v) is 6.75. The van der Waals surface area contributed by atoms with Gasteiger partial charge in [0.05, 0.1) is 32.4 Å². The molecule has 3 fully saturated rings. The van der Waals surface area contributed by atoms with Crippen LogP contribution in [0.5, 0.6) is 5.88 Å². The number of nitrogens with zero attached hydrogens (tertiary/aromatic N) is 7. The van der Waals surface area contributed by atoms with Gasteiger partial charge in [-0.15, -0.1) is 0 Å². The van der Waals surface area contributed by atoms with Crippen molar-refractivity contribution in [2.24, 2.45) is 7.05 Å². The third kappa shape index (κ3) is 5.52. The van der Waals surface area contributed by atoms with Gasteiger partial charge in [-0.3, -0.25) is 4.68 Å². The predicted molar refractivity (Wildman–Crippen MR) is 172 cm³/mol. The molecule has 5 aromatic rings. The molecular formula is C34H30F3N7O6. The molecule has 13 nitrogen and oxygen atoms in total. The topological polar surface area (TPSA) is 141 Å². The number of rotatable bonds is 6. The first-order valence-electron chi connectivity index (χ1n) is 15.9. The molecule has 0 aliphatic carbocycles. The van der Waals surface area contributed by atoms with Crippen molar-refractivity contribution >= 4 is 39.5 Å². The Balaban J connectivity index is 1.16. The third-order valence-corrected chi connectivity index (χ3v) is 9.40. The number of hydrogen-bond acceptors (Lipinski definition) is 11. The summed E-state index contributed by atoms with van der Waals surface area (Å²) >= 11 is 0. The van der Waals surface area contributed by atoms with Gasteiger partial charge in [0.25, 0.3) is 6.43 Å². The molecular weight excluding hydrogens is 659 g/mol. The highest BCUT2D eigenvalue weighted by Crippen LogP contribution is 2.41. The van der Waals surface area contributed by atoms with E-state index in [-0.39, 0.29) is 47.4 Å². The molecule has 50 heavy (non-hydrogen) atoms. The molecule has 16 heteroatoms. The SMILES string of the molecule is C[C@@H]1N(c2cc(C#Cc3ccn(C)n3)cnc2O[C@H]2C[C@@H](C(=O)O)N(c3nc(C(F)F)nc4c3oc3cc(F)ccc34)C2)CCOC12COC2. The number of carboxylic acid groups (broad SMARTS) is 1. The molecule has 0 bridgehead atoms. The third-order valence-electron chi connectivity index (χ3n) is 9.40. The lowest BCUT2D eigenvalue weighted by atomic mass is 9.90. The van der Waals surface area contributed by atoms with E-state index in [2.05, 4.69) is 36.8 Å². The molecule has 1 spiro atoms. The number of morpholine rings is 1. The summed E-state index contributed by atoms with van der Waals surface area (Å²) in [6.45, 7) is 3.81. The van der Waals surface area contributed by atoms with Crippen LogP contribution in [0.2, 0.25) is 0 Å². The standard InChI is InChI=1S/C34H30F3N7O6/c1-18-34(16-47-17-34)48-10-9-43(18)24-11-19(3-5-21-7-8-42(2)41-21)14-38-32(24)49-22-13-25(33(45)46)44(15-22)31-28-27(39-30(40-31)29(36)37)23-6-4-20(35)12-26(23)50-28/h4,6-8,11-12,14,18,22,25,29H,9-10,13,15-17H2,1-2H3,(H,45,46)/t18-,22-,25-/m0/s1. The molecule has 0 saturated carbocycles. The molecule has 3 saturated heterocycles. The highest BCUT2D eigenvalue weighted by molar-refractivity contribution is 6.06. The van der Waals surface area contributed by atoms with Crippen molar-refractivity contribution in [3.8, 4) is 17.7 Å². The largest absolute Gasteiger partial charge is 0.480 e. The second kappa shape index (κ2) is 12.2. The lowest BCUT2D eigenvalue weighted by Crippen LogP contribution is -2.68. The van der Waals surface area contributed by atoms with Gasteiger partial charge in [-0.05, 0) is 37.1 Å². The maximum absolute atomic E-state index is 14.1. The second-order valence-electron chi connectivity index (χ2n) is 12.6. The van der Waals surface area contributed by atoms with Crippen LogP contribution in [0.25, 0.3) is 22.1 Å². The molecule has 8 rings (SSSR count). The Bertz CT molecular complexity index is 2190. The minimum absolute atomic E-state index is 0.0235. The molecule has 7 heterocycles. The summed E-state index contributed by atoms with van der Waals surface area (Å²) in [5.74, 6) is 3.63. The average molecular weight is 690 g/mol. The maximum atomic E-state index is 14.1. The van der Waals surface area contributed by atoms with Crippen LogP contribution in [0.3, 0.4) is 0 Å². The van der Waals surface area contributed by atoms with Crippen molar-refractivity contribution in [1.29, 1.82) is 0 Å². The summed E-state index contributed by atoms with van der Waals surface area (Å²) in [5, 5.41) is 14.9. The van der Waals surface area contributed by atoms with E-state index in [1.165, 1.54) is 11.0 Å². The Kier molecular flexibility index (Phi) is 7.76. The second-order valence-corrected chi connectivity index (χ2v) is 12.6. The molecule has 0 radical (unpaired) electrons. The first-order valence-corrected chi connectivity index (χ1v) is 15.9. The molecule has 3 aliphatic rings. The fraction of sp³-hybridized carbons (Fsp3) is 0.382. The summed E-state index contributed by atoms with van der Waals surface area (Å²) in [5.41, 5.74) is 1.39. The van der Waals surface area contributed by atoms with Gasteiger partial charge in [0.15, 0.2) is 17.2 Å². The van der Waals surface area contributed by atoms with Gasteiger partial charge >= 0.3 is 5.97 Å². The maximum Gasteiger partial charge on any atom is 0.326 e. The zero-order valence-corrected chi connectivity index (χ0v) is 26.8. The van der Waals surface area contributed by atoms with Crippen LogP contribution in [0.4, 0.5) is 24.7 Å². The fourth-order valence-electron chi connectivity index (χ4n) is 6.75. The van der Waals surface area contributed by atoms with Crippen LogP contribution in [0.15, 0.2) is 47.1 Å². The Morgan fingerprint density at radius 2 is 2.00 bits per heavy atom. The number of pyridine rings is 1. The molecule has 4 aromatic heterocycles. The number of fused-ring (bicyclic) bond motifs is 3. The number of furan rings is 1. The summed E-state index contributed by atoms with van der Waals surface area (Å²) in [7, 11) is 1.80. The smallest absolute Gasteiger partial charge is 0.326 e. The van der Waals surface area contributed by atoms with Crippen LogP contribution < -0.4 is 14.5 Å². The van der Waals surface area contributed by atoms with Crippen LogP contribution >= 0.6 is 0 Å². The molecule has 1 aromatic carbocycles. The van der Waals surface area contributed by atoms with Gasteiger partial charge in [0.2, 0.25) is 5.88 Å². The van der Waals surface area contributed by atoms with E-state index in [1.807, 2.05) is 13.0 Å². The van der Waals surface area contributed by atoms with Crippen molar-refractivity contribution in [2.75, 3.05) is 42.7 Å². The van der Waals surface area contributed by atoms with Gasteiger partial charge in [0.1, 0.15) is 46.0 Å². The lowest BCUT2D eigenvalue weighted by Gasteiger charge is -2.53. The molecule has 3 aliphatic heterocycles. The Morgan fingerprint density at radius 1 is 1.16 bits per heavy atom. The van der Waals surface area contributed by atoms with E-state index >= 15 is 0 Å². The number of aryl methyl sites for hydroxylation is 1. The van der Waals surface area contributed by atoms with E-state index in [9.17, 15) is 23.1 Å². The first-order chi connectivity index (χ1) is 24.1. The number of ether oxygens (including phenoxy) is 3. The van der Waals surface area contributed by atoms with Crippen LogP contribution in [0, 0.1) is 17.7 Å². The van der Waals surface area contributed by atoms with E-state index in [1.54, 1.807) is 30.2 Å². The van der Waals surface area contributed by atoms with Crippen LogP contribution in [0.1, 0.15) is 36.9 Å². The number of benzene rings is 1. The molecule has 1 N–H and O–H groups in total. The lowest BCUT2D eigenvalue weighted by molar-refractivity contribution is -0.228. The van der Waals surface area contributed by atoms with E-state index in [0.717, 1.165) is 12.1 Å². The number of carboxylic acids is 1. The summed E-state index contributed by atoms with van der Waals surface area (Å²) < 4.78 is 67.8. The van der Waals surface area contributed by atoms with Gasteiger partial charge in [-0.1, -0.05) is 5.92 Å². The first kappa shape index (κ1) is 31.8. The molecule has 0 unspecified atom stereocenters. The van der Waals surface area contributed by atoms with Gasteiger partial charge < -0.3 is 33.5 Å². The number of alkyl halides is 2. The Hall–Kier alpha value is -5.40. The number of hydrogen-bond donors (Lipinski definition) is 1. The minimum atomic E-state index is -3.06. The number of aromatic nitrogens is 5. The van der Waals surface area contributed by atoms with Crippen molar-refractivity contribution in [3.05, 3.63) is 65.6 Å². The predicted octanol–water partition coefficient (Wildman–Crippen LogP) is 4.09. The molecule has 258 valence electrons. The van der Waals surface area contributed by atoms with E-state index < -0.39 is 41.8 Å². The zero-order chi connectivity index (χ0) is 34.7. The summed E-state index contributed by atoms with van der Waals surface area (Å²) in [6.07, 6.45) is -0.484. The minimum Gasteiger partial charge on any atom is -0.480 e. The zero-order valence-electron chi connectivity index (χ0n) is 26.8. The Morgan fingerprint density at radius 3 is 2.72 bits per heavy atom. The Labute approximate surface area is 282 Å². The van der Waals surface area contributed by atoms with Crippen molar-refractivity contribution in [3.63, 3.8) is 0 Å². The highest BCUT2D eigenvalue weighted by atomic mass is 19.3. The summed E-state index contributed by atoms with van der Waals surface area (Å²) in [6, 6.07) is 5.96. The quantitative estimate of drug-likeness (QED) is 0.257.